The van der Waals surface area contributed by atoms with E-state index in [-0.39, 0.29) is 11.7 Å². The summed E-state index contributed by atoms with van der Waals surface area (Å²) in [5.74, 6) is 1.26. The number of amidine groups is 1. The molecular formula is C26H35N5O. The molecule has 6 nitrogen and oxygen atoms in total. The predicted molar refractivity (Wildman–Crippen MR) is 131 cm³/mol. The summed E-state index contributed by atoms with van der Waals surface area (Å²) in [5, 5.41) is 5.92. The summed E-state index contributed by atoms with van der Waals surface area (Å²) in [6, 6.07) is 8.67. The maximum atomic E-state index is 12.3. The molecule has 0 saturated heterocycles. The number of hydrazone groups is 1. The van der Waals surface area contributed by atoms with Crippen LogP contribution >= 0.6 is 0 Å². The predicted octanol–water partition coefficient (Wildman–Crippen LogP) is 3.91. The minimum Gasteiger partial charge on any atom is -0.305 e. The van der Waals surface area contributed by atoms with E-state index in [0.717, 1.165) is 50.1 Å². The fraction of sp³-hybridized carbons (Fsp3) is 0.385. The third kappa shape index (κ3) is 7.62. The van der Waals surface area contributed by atoms with Crippen LogP contribution in [0.25, 0.3) is 0 Å². The van der Waals surface area contributed by atoms with E-state index in [4.69, 9.17) is 0 Å². The Kier molecular flexibility index (Phi) is 9.01. The van der Waals surface area contributed by atoms with Gasteiger partial charge >= 0.3 is 0 Å². The van der Waals surface area contributed by atoms with Crippen molar-refractivity contribution in [2.75, 3.05) is 21.1 Å². The molecule has 1 aromatic carbocycles. The SMILES string of the molecule is CN(C)Cc1cccc(C/C=C/C=C2/C(=O)C=C[C@@H]2C/C=C\CCCC2=NNN(C)N2)c1. The lowest BCUT2D eigenvalue weighted by Gasteiger charge is -2.10. The molecule has 6 heteroatoms. The number of carbonyl (C=O) groups is 1. The van der Waals surface area contributed by atoms with E-state index in [1.54, 1.807) is 11.2 Å². The molecule has 0 radical (unpaired) electrons. The molecule has 1 aromatic rings. The normalized spacial score (nSPS) is 20.1. The first-order valence-electron chi connectivity index (χ1n) is 11.3. The lowest BCUT2D eigenvalue weighted by atomic mass is 9.97. The first-order valence-corrected chi connectivity index (χ1v) is 11.3. The van der Waals surface area contributed by atoms with Crippen molar-refractivity contribution in [2.24, 2.45) is 11.0 Å². The van der Waals surface area contributed by atoms with Crippen LogP contribution in [0.3, 0.4) is 0 Å². The number of rotatable bonds is 11. The van der Waals surface area contributed by atoms with E-state index in [1.165, 1.54) is 11.1 Å². The highest BCUT2D eigenvalue weighted by atomic mass is 16.1. The van der Waals surface area contributed by atoms with Gasteiger partial charge in [-0.15, -0.1) is 10.2 Å². The van der Waals surface area contributed by atoms with Crippen LogP contribution in [-0.4, -0.2) is 42.8 Å². The number of benzene rings is 1. The van der Waals surface area contributed by atoms with Crippen molar-refractivity contribution in [1.82, 2.24) is 21.0 Å². The minimum absolute atomic E-state index is 0.128. The zero-order valence-corrected chi connectivity index (χ0v) is 19.4. The van der Waals surface area contributed by atoms with E-state index in [2.05, 4.69) is 77.6 Å². The molecule has 0 bridgehead atoms. The van der Waals surface area contributed by atoms with Gasteiger partial charge in [-0.1, -0.05) is 60.7 Å². The van der Waals surface area contributed by atoms with Crippen LogP contribution in [0.15, 0.2) is 77.5 Å². The molecule has 0 unspecified atom stereocenters. The van der Waals surface area contributed by atoms with Crippen molar-refractivity contribution in [3.8, 4) is 0 Å². The number of hydrazine groups is 2. The van der Waals surface area contributed by atoms with E-state index < -0.39 is 0 Å². The van der Waals surface area contributed by atoms with Gasteiger partial charge in [0, 0.05) is 31.5 Å². The Morgan fingerprint density at radius 3 is 2.81 bits per heavy atom. The molecule has 0 amide bonds. The van der Waals surface area contributed by atoms with E-state index in [0.29, 0.717) is 0 Å². The van der Waals surface area contributed by atoms with Crippen LogP contribution in [0.4, 0.5) is 0 Å². The summed E-state index contributed by atoms with van der Waals surface area (Å²) >= 11 is 0. The molecular weight excluding hydrogens is 398 g/mol. The van der Waals surface area contributed by atoms with Gasteiger partial charge in [0.15, 0.2) is 5.78 Å². The second kappa shape index (κ2) is 12.2. The molecule has 1 heterocycles. The van der Waals surface area contributed by atoms with Crippen LogP contribution in [0.5, 0.6) is 0 Å². The number of carbonyl (C=O) groups excluding carboxylic acids is 1. The summed E-state index contributed by atoms with van der Waals surface area (Å²) < 4.78 is 0. The number of nitrogens with one attached hydrogen (secondary N) is 2. The van der Waals surface area contributed by atoms with Gasteiger partial charge in [0.05, 0.1) is 0 Å². The number of hydrogen-bond donors (Lipinski definition) is 2. The lowest BCUT2D eigenvalue weighted by molar-refractivity contribution is -0.111. The zero-order valence-electron chi connectivity index (χ0n) is 19.4. The minimum atomic E-state index is 0.128. The van der Waals surface area contributed by atoms with Crippen molar-refractivity contribution in [3.05, 3.63) is 83.5 Å². The summed E-state index contributed by atoms with van der Waals surface area (Å²) in [4.78, 5) is 14.4. The lowest BCUT2D eigenvalue weighted by Crippen LogP contribution is -2.37. The van der Waals surface area contributed by atoms with Gasteiger partial charge in [0.2, 0.25) is 0 Å². The fourth-order valence-corrected chi connectivity index (χ4v) is 3.83. The average Bonchev–Trinajstić information content (AvgIpc) is 3.33. The Balaban J connectivity index is 1.43. The van der Waals surface area contributed by atoms with E-state index >= 15 is 0 Å². The Bertz CT molecular complexity index is 926. The van der Waals surface area contributed by atoms with Gasteiger partial charge in [-0.2, -0.15) is 0 Å². The van der Waals surface area contributed by atoms with Crippen molar-refractivity contribution in [1.29, 1.82) is 0 Å². The van der Waals surface area contributed by atoms with Crippen LogP contribution in [0.2, 0.25) is 0 Å². The number of ketones is 1. The van der Waals surface area contributed by atoms with Gasteiger partial charge in [0.25, 0.3) is 0 Å². The smallest absolute Gasteiger partial charge is 0.182 e. The monoisotopic (exact) mass is 433 g/mol. The average molecular weight is 434 g/mol. The van der Waals surface area contributed by atoms with E-state index in [9.17, 15) is 4.79 Å². The first-order chi connectivity index (χ1) is 15.5. The molecule has 0 spiro atoms. The fourth-order valence-electron chi connectivity index (χ4n) is 3.83. The molecule has 32 heavy (non-hydrogen) atoms. The third-order valence-corrected chi connectivity index (χ3v) is 5.39. The molecule has 2 aliphatic rings. The Morgan fingerprint density at radius 1 is 1.19 bits per heavy atom. The second-order valence-corrected chi connectivity index (χ2v) is 8.57. The summed E-state index contributed by atoms with van der Waals surface area (Å²) in [5.41, 5.74) is 9.46. The Labute approximate surface area is 192 Å². The number of allylic oxidation sites excluding steroid dienone is 8. The van der Waals surface area contributed by atoms with Gasteiger partial charge < -0.3 is 4.90 Å². The third-order valence-electron chi connectivity index (χ3n) is 5.39. The van der Waals surface area contributed by atoms with Crippen LogP contribution in [-0.2, 0) is 17.8 Å². The highest BCUT2D eigenvalue weighted by Crippen LogP contribution is 2.25. The van der Waals surface area contributed by atoms with Gasteiger partial charge in [0.1, 0.15) is 5.84 Å². The van der Waals surface area contributed by atoms with Gasteiger partial charge in [-0.25, -0.2) is 5.53 Å². The van der Waals surface area contributed by atoms with Crippen molar-refractivity contribution >= 4 is 11.6 Å². The molecule has 1 atom stereocenters. The van der Waals surface area contributed by atoms with Gasteiger partial charge in [-0.3, -0.25) is 10.2 Å². The highest BCUT2D eigenvalue weighted by molar-refractivity contribution is 6.07. The first kappa shape index (κ1) is 23.7. The van der Waals surface area contributed by atoms with Crippen LogP contribution in [0.1, 0.15) is 36.8 Å². The summed E-state index contributed by atoms with van der Waals surface area (Å²) in [6.45, 7) is 0.942. The maximum absolute atomic E-state index is 12.3. The summed E-state index contributed by atoms with van der Waals surface area (Å²) in [6.07, 6.45) is 18.9. The highest BCUT2D eigenvalue weighted by Gasteiger charge is 2.20. The van der Waals surface area contributed by atoms with Crippen LogP contribution in [0, 0.1) is 5.92 Å². The molecule has 2 N–H and O–H groups in total. The summed E-state index contributed by atoms with van der Waals surface area (Å²) in [7, 11) is 6.05. The van der Waals surface area contributed by atoms with Crippen molar-refractivity contribution in [2.45, 2.75) is 38.6 Å². The molecule has 1 aliphatic carbocycles. The number of hydrogen-bond acceptors (Lipinski definition) is 6. The number of unbranched alkanes of at least 4 members (excludes halogenated alkanes) is 1. The second-order valence-electron chi connectivity index (χ2n) is 8.57. The molecule has 170 valence electrons. The van der Waals surface area contributed by atoms with Crippen LogP contribution < -0.4 is 11.0 Å². The molecule has 3 rings (SSSR count). The number of nitrogens with zero attached hydrogens (tertiary/aromatic N) is 3. The largest absolute Gasteiger partial charge is 0.305 e. The Morgan fingerprint density at radius 2 is 2.03 bits per heavy atom. The molecule has 0 aromatic heterocycles. The zero-order chi connectivity index (χ0) is 22.8. The van der Waals surface area contributed by atoms with Crippen molar-refractivity contribution < 1.29 is 4.79 Å². The molecule has 0 fully saturated rings. The quantitative estimate of drug-likeness (QED) is 0.315. The molecule has 0 saturated carbocycles. The molecule has 1 aliphatic heterocycles. The Hall–Kier alpha value is -2.96. The topological polar surface area (TPSA) is 60.0 Å². The van der Waals surface area contributed by atoms with E-state index in [1.807, 2.05) is 25.3 Å². The standard InChI is InChI=1S/C26H35N5O/c1-30(2)20-22-13-10-12-21(19-22)11-8-9-15-24-23(17-18-25(24)32)14-6-4-5-7-16-26-27-29-31(3)28-26/h4,6,8-10,12-13,15,17-19,23,29H,5,7,11,14,16,20H2,1-3H3,(H,27,28)/b6-4-,9-8+,24-15+/t23-/m0/s1. The van der Waals surface area contributed by atoms with Gasteiger partial charge in [-0.05, 0) is 57.0 Å². The van der Waals surface area contributed by atoms with Crippen molar-refractivity contribution in [3.63, 3.8) is 0 Å². The maximum Gasteiger partial charge on any atom is 0.182 e.